The molecule has 4 nitrogen and oxygen atoms in total. The third-order valence-corrected chi connectivity index (χ3v) is 5.31. The van der Waals surface area contributed by atoms with Crippen molar-refractivity contribution in [1.29, 1.82) is 0 Å². The molecule has 0 N–H and O–H groups in total. The largest absolute Gasteiger partial charge is 0.314 e. The fourth-order valence-electron chi connectivity index (χ4n) is 1.80. The van der Waals surface area contributed by atoms with Gasteiger partial charge in [0.05, 0.1) is 5.25 Å². The molecule has 1 saturated carbocycles. The molecule has 14 heavy (non-hydrogen) atoms. The molecule has 0 amide bonds. The third-order valence-electron chi connectivity index (χ3n) is 2.91. The monoisotopic (exact) mass is 214 g/mol. The van der Waals surface area contributed by atoms with Crippen molar-refractivity contribution in [1.82, 2.24) is 4.31 Å². The zero-order valence-corrected chi connectivity index (χ0v) is 8.83. The predicted octanol–water partition coefficient (Wildman–Crippen LogP) is 0.862. The quantitative estimate of drug-likeness (QED) is 0.640. The van der Waals surface area contributed by atoms with Crippen LogP contribution in [0.5, 0.6) is 0 Å². The molecule has 2 aliphatic rings. The van der Waals surface area contributed by atoms with Gasteiger partial charge in [0.2, 0.25) is 16.1 Å². The molecule has 0 radical (unpaired) electrons. The molecular weight excluding hydrogens is 200 g/mol. The van der Waals surface area contributed by atoms with Gasteiger partial charge in [0.15, 0.2) is 0 Å². The molecule has 0 spiro atoms. The van der Waals surface area contributed by atoms with Crippen molar-refractivity contribution in [3.63, 3.8) is 0 Å². The standard InChI is InChI=1S/C9H14N2O2S/c1-10-8-4-6-11(7-5-8)14(12,13)9-2-3-9/h8-9H,2-7H2. The van der Waals surface area contributed by atoms with Crippen LogP contribution >= 0.6 is 0 Å². The maximum Gasteiger partial charge on any atom is 0.226 e. The summed E-state index contributed by atoms with van der Waals surface area (Å²) < 4.78 is 25.2. The molecular formula is C9H14N2O2S. The number of nitrogens with zero attached hydrogens (tertiary/aromatic N) is 2. The maximum atomic E-state index is 11.8. The predicted molar refractivity (Wildman–Crippen MR) is 53.1 cm³/mol. The minimum Gasteiger partial charge on any atom is -0.314 e. The van der Waals surface area contributed by atoms with Crippen LogP contribution in [0.2, 0.25) is 0 Å². The highest BCUT2D eigenvalue weighted by Gasteiger charge is 2.41. The van der Waals surface area contributed by atoms with Gasteiger partial charge in [-0.05, 0) is 12.8 Å². The van der Waals surface area contributed by atoms with Gasteiger partial charge in [-0.1, -0.05) is 0 Å². The minimum absolute atomic E-state index is 0.0423. The van der Waals surface area contributed by atoms with Crippen LogP contribution in [-0.4, -0.2) is 37.1 Å². The van der Waals surface area contributed by atoms with E-state index in [1.807, 2.05) is 0 Å². The third kappa shape index (κ3) is 1.77. The summed E-state index contributed by atoms with van der Waals surface area (Å²) >= 11 is 0. The van der Waals surface area contributed by atoms with Gasteiger partial charge in [0.25, 0.3) is 0 Å². The Kier molecular flexibility index (Phi) is 2.50. The molecule has 78 valence electrons. The van der Waals surface area contributed by atoms with Crippen LogP contribution < -0.4 is 0 Å². The highest BCUT2D eigenvalue weighted by molar-refractivity contribution is 7.90. The zero-order chi connectivity index (χ0) is 10.2. The summed E-state index contributed by atoms with van der Waals surface area (Å²) in [6, 6.07) is 0.0423. The summed E-state index contributed by atoms with van der Waals surface area (Å²) in [6.45, 7) is 7.97. The molecule has 1 aliphatic carbocycles. The molecule has 0 atom stereocenters. The number of rotatable bonds is 2. The molecule has 1 aliphatic heterocycles. The lowest BCUT2D eigenvalue weighted by Crippen LogP contribution is -2.40. The fraction of sp³-hybridized carbons (Fsp3) is 0.889. The Morgan fingerprint density at radius 3 is 2.14 bits per heavy atom. The Labute approximate surface area is 84.8 Å². The first-order chi connectivity index (χ1) is 6.64. The molecule has 2 fully saturated rings. The number of piperidine rings is 1. The van der Waals surface area contributed by atoms with Crippen LogP contribution in [0.25, 0.3) is 4.85 Å². The van der Waals surface area contributed by atoms with E-state index >= 15 is 0 Å². The van der Waals surface area contributed by atoms with E-state index < -0.39 is 10.0 Å². The molecule has 5 heteroatoms. The molecule has 1 heterocycles. The number of hydrogen-bond donors (Lipinski definition) is 0. The van der Waals surface area contributed by atoms with E-state index in [-0.39, 0.29) is 11.3 Å². The summed E-state index contributed by atoms with van der Waals surface area (Å²) in [5.74, 6) is 0. The lowest BCUT2D eigenvalue weighted by atomic mass is 10.1. The first-order valence-corrected chi connectivity index (χ1v) is 6.50. The molecule has 1 saturated heterocycles. The van der Waals surface area contributed by atoms with Crippen molar-refractivity contribution >= 4 is 10.0 Å². The van der Waals surface area contributed by atoms with Crippen molar-refractivity contribution in [2.24, 2.45) is 0 Å². The first-order valence-electron chi connectivity index (χ1n) is 5.00. The molecule has 0 unspecified atom stereocenters. The van der Waals surface area contributed by atoms with Crippen molar-refractivity contribution in [2.75, 3.05) is 13.1 Å². The number of hydrogen-bond acceptors (Lipinski definition) is 2. The Hall–Kier alpha value is -0.600. The van der Waals surface area contributed by atoms with Crippen LogP contribution in [0.15, 0.2) is 0 Å². The Morgan fingerprint density at radius 1 is 1.14 bits per heavy atom. The van der Waals surface area contributed by atoms with Crippen LogP contribution in [-0.2, 0) is 10.0 Å². The van der Waals surface area contributed by atoms with E-state index in [0.717, 1.165) is 12.8 Å². The van der Waals surface area contributed by atoms with E-state index in [1.54, 1.807) is 4.31 Å². The summed E-state index contributed by atoms with van der Waals surface area (Å²) in [7, 11) is -2.99. The average Bonchev–Trinajstić information content (AvgIpc) is 3.01. The van der Waals surface area contributed by atoms with Gasteiger partial charge in [-0.3, -0.25) is 0 Å². The van der Waals surface area contributed by atoms with Gasteiger partial charge in [-0.15, -0.1) is 0 Å². The smallest absolute Gasteiger partial charge is 0.226 e. The van der Waals surface area contributed by atoms with Crippen molar-refractivity contribution in [3.8, 4) is 0 Å². The van der Waals surface area contributed by atoms with E-state index in [9.17, 15) is 8.42 Å². The Bertz CT molecular complexity index is 345. The summed E-state index contributed by atoms with van der Waals surface area (Å²) in [5.41, 5.74) is 0. The van der Waals surface area contributed by atoms with Crippen LogP contribution in [0.4, 0.5) is 0 Å². The van der Waals surface area contributed by atoms with E-state index in [2.05, 4.69) is 4.85 Å². The average molecular weight is 214 g/mol. The van der Waals surface area contributed by atoms with Gasteiger partial charge >= 0.3 is 0 Å². The van der Waals surface area contributed by atoms with E-state index in [0.29, 0.717) is 25.9 Å². The first kappa shape index (κ1) is 9.94. The maximum absolute atomic E-state index is 11.8. The van der Waals surface area contributed by atoms with Crippen LogP contribution in [0.3, 0.4) is 0 Å². The lowest BCUT2D eigenvalue weighted by molar-refractivity contribution is 0.336. The lowest BCUT2D eigenvalue weighted by Gasteiger charge is -2.26. The second-order valence-corrected chi connectivity index (χ2v) is 6.22. The van der Waals surface area contributed by atoms with Gasteiger partial charge in [-0.2, -0.15) is 0 Å². The van der Waals surface area contributed by atoms with Crippen LogP contribution in [0, 0.1) is 6.57 Å². The second kappa shape index (κ2) is 3.52. The highest BCUT2D eigenvalue weighted by Crippen LogP contribution is 2.32. The molecule has 0 bridgehead atoms. The van der Waals surface area contributed by atoms with Gasteiger partial charge in [-0.25, -0.2) is 19.3 Å². The van der Waals surface area contributed by atoms with E-state index in [4.69, 9.17) is 6.57 Å². The molecule has 0 aromatic heterocycles. The Balaban J connectivity index is 1.98. The molecule has 0 aromatic carbocycles. The minimum atomic E-state index is -2.99. The van der Waals surface area contributed by atoms with Crippen molar-refractivity contribution in [3.05, 3.63) is 11.4 Å². The highest BCUT2D eigenvalue weighted by atomic mass is 32.2. The molecule has 2 rings (SSSR count). The van der Waals surface area contributed by atoms with Gasteiger partial charge in [0.1, 0.15) is 0 Å². The topological polar surface area (TPSA) is 41.7 Å². The Morgan fingerprint density at radius 2 is 1.71 bits per heavy atom. The zero-order valence-electron chi connectivity index (χ0n) is 8.02. The molecule has 0 aromatic rings. The van der Waals surface area contributed by atoms with Gasteiger partial charge < -0.3 is 4.85 Å². The summed E-state index contributed by atoms with van der Waals surface area (Å²) in [6.07, 6.45) is 3.06. The summed E-state index contributed by atoms with van der Waals surface area (Å²) in [4.78, 5) is 3.45. The van der Waals surface area contributed by atoms with E-state index in [1.165, 1.54) is 0 Å². The number of sulfonamides is 1. The second-order valence-electron chi connectivity index (χ2n) is 4.00. The fourth-order valence-corrected chi connectivity index (χ4v) is 3.68. The normalized spacial score (nSPS) is 25.9. The van der Waals surface area contributed by atoms with Crippen LogP contribution in [0.1, 0.15) is 25.7 Å². The van der Waals surface area contributed by atoms with Crippen molar-refractivity contribution in [2.45, 2.75) is 37.0 Å². The summed E-state index contributed by atoms with van der Waals surface area (Å²) in [5, 5.41) is -0.105. The van der Waals surface area contributed by atoms with Gasteiger partial charge in [0, 0.05) is 25.9 Å². The van der Waals surface area contributed by atoms with Crippen molar-refractivity contribution < 1.29 is 8.42 Å². The SMILES string of the molecule is [C-]#[N+]C1CCN(S(=O)(=O)C2CC2)CC1.